The highest BCUT2D eigenvalue weighted by Crippen LogP contribution is 2.37. The second kappa shape index (κ2) is 6.13. The van der Waals surface area contributed by atoms with Crippen LogP contribution in [0.4, 0.5) is 11.6 Å². The monoisotopic (exact) mass is 296 g/mol. The van der Waals surface area contributed by atoms with Crippen LogP contribution >= 0.6 is 0 Å². The molecule has 0 bridgehead atoms. The zero-order valence-electron chi connectivity index (χ0n) is 13.1. The Morgan fingerprint density at radius 1 is 1.27 bits per heavy atom. The fourth-order valence-electron chi connectivity index (χ4n) is 2.80. The maximum absolute atomic E-state index is 5.55. The minimum Gasteiger partial charge on any atom is -0.501 e. The lowest BCUT2D eigenvalue weighted by atomic mass is 9.83. The van der Waals surface area contributed by atoms with Crippen molar-refractivity contribution in [3.63, 3.8) is 0 Å². The maximum atomic E-state index is 5.55. The van der Waals surface area contributed by atoms with E-state index in [1.165, 1.54) is 5.56 Å². The molecule has 2 heterocycles. The van der Waals surface area contributed by atoms with Gasteiger partial charge < -0.3 is 10.1 Å². The third kappa shape index (κ3) is 2.79. The van der Waals surface area contributed by atoms with Crippen molar-refractivity contribution in [3.05, 3.63) is 53.8 Å². The van der Waals surface area contributed by atoms with E-state index < -0.39 is 0 Å². The van der Waals surface area contributed by atoms with Gasteiger partial charge in [-0.05, 0) is 36.1 Å². The number of nitrogens with one attached hydrogen (secondary N) is 1. The number of fused-ring (bicyclic) bond motifs is 1. The quantitative estimate of drug-likeness (QED) is 0.936. The van der Waals surface area contributed by atoms with Gasteiger partial charge in [-0.2, -0.15) is 0 Å². The first-order valence-corrected chi connectivity index (χ1v) is 7.46. The van der Waals surface area contributed by atoms with Crippen molar-refractivity contribution < 1.29 is 4.74 Å². The average molecular weight is 296 g/mol. The van der Waals surface area contributed by atoms with E-state index in [0.29, 0.717) is 11.9 Å². The molecule has 22 heavy (non-hydrogen) atoms. The van der Waals surface area contributed by atoms with Crippen LogP contribution in [0.3, 0.4) is 0 Å². The number of pyridine rings is 1. The molecule has 0 aliphatic heterocycles. The molecular formula is C17H20N4O. The Morgan fingerprint density at radius 2 is 2.05 bits per heavy atom. The van der Waals surface area contributed by atoms with Gasteiger partial charge in [-0.1, -0.05) is 13.8 Å². The molecule has 0 saturated carbocycles. The molecule has 1 atom stereocenters. The largest absolute Gasteiger partial charge is 0.501 e. The third-order valence-corrected chi connectivity index (χ3v) is 3.86. The lowest BCUT2D eigenvalue weighted by Crippen LogP contribution is -2.20. The molecule has 2 aromatic heterocycles. The predicted molar refractivity (Wildman–Crippen MR) is 85.9 cm³/mol. The summed E-state index contributed by atoms with van der Waals surface area (Å²) < 4.78 is 5.55. The van der Waals surface area contributed by atoms with Crippen molar-refractivity contribution in [2.45, 2.75) is 26.2 Å². The molecule has 0 spiro atoms. The summed E-state index contributed by atoms with van der Waals surface area (Å²) >= 11 is 0. The fourth-order valence-corrected chi connectivity index (χ4v) is 2.80. The molecule has 2 aromatic rings. The van der Waals surface area contributed by atoms with E-state index in [2.05, 4.69) is 35.2 Å². The molecule has 1 unspecified atom stereocenters. The zero-order valence-corrected chi connectivity index (χ0v) is 13.1. The molecule has 1 aliphatic carbocycles. The highest BCUT2D eigenvalue weighted by Gasteiger charge is 2.29. The lowest BCUT2D eigenvalue weighted by molar-refractivity contribution is 0.240. The van der Waals surface area contributed by atoms with Crippen LogP contribution in [-0.2, 0) is 11.2 Å². The normalized spacial score (nSPS) is 16.9. The van der Waals surface area contributed by atoms with Crippen LogP contribution in [0.15, 0.2) is 42.6 Å². The second-order valence-corrected chi connectivity index (χ2v) is 5.70. The molecule has 0 amide bonds. The second-order valence-electron chi connectivity index (χ2n) is 5.70. The highest BCUT2D eigenvalue weighted by atomic mass is 16.5. The van der Waals surface area contributed by atoms with E-state index in [1.807, 2.05) is 18.3 Å². The van der Waals surface area contributed by atoms with Crippen LogP contribution < -0.4 is 5.32 Å². The van der Waals surface area contributed by atoms with E-state index in [-0.39, 0.29) is 5.92 Å². The fraction of sp³-hybridized carbons (Fsp3) is 0.353. The van der Waals surface area contributed by atoms with Gasteiger partial charge in [0.1, 0.15) is 5.76 Å². The van der Waals surface area contributed by atoms with Crippen LogP contribution in [0.5, 0.6) is 0 Å². The zero-order chi connectivity index (χ0) is 15.5. The smallest absolute Gasteiger partial charge is 0.227 e. The van der Waals surface area contributed by atoms with Gasteiger partial charge in [-0.25, -0.2) is 9.97 Å². The van der Waals surface area contributed by atoms with E-state index in [4.69, 9.17) is 9.72 Å². The number of rotatable bonds is 4. The first kappa shape index (κ1) is 14.5. The van der Waals surface area contributed by atoms with Gasteiger partial charge in [-0.15, -0.1) is 0 Å². The number of aromatic nitrogens is 3. The number of allylic oxidation sites excluding steroid dienone is 2. The minimum absolute atomic E-state index is 0.176. The SMILES string of the molecule is COC1=CCc2cnc(Nc3ccncc3)nc2C1C(C)C. The topological polar surface area (TPSA) is 59.9 Å². The Balaban J connectivity index is 1.94. The summed E-state index contributed by atoms with van der Waals surface area (Å²) in [5.41, 5.74) is 3.15. The highest BCUT2D eigenvalue weighted by molar-refractivity contribution is 5.52. The van der Waals surface area contributed by atoms with Gasteiger partial charge in [0.05, 0.1) is 18.7 Å². The molecule has 114 valence electrons. The van der Waals surface area contributed by atoms with Crippen molar-refractivity contribution in [1.82, 2.24) is 15.0 Å². The summed E-state index contributed by atoms with van der Waals surface area (Å²) in [5, 5.41) is 3.22. The van der Waals surface area contributed by atoms with Crippen molar-refractivity contribution in [2.75, 3.05) is 12.4 Å². The standard InChI is InChI=1S/C17H20N4O/c1-11(2)15-14(22-3)5-4-12-10-19-17(21-16(12)15)20-13-6-8-18-9-7-13/h5-11,15H,4H2,1-3H3,(H,18,19,20,21). The first-order valence-electron chi connectivity index (χ1n) is 7.46. The summed E-state index contributed by atoms with van der Waals surface area (Å²) in [4.78, 5) is 13.2. The number of anilines is 2. The number of hydrogen-bond acceptors (Lipinski definition) is 5. The van der Waals surface area contributed by atoms with Crippen molar-refractivity contribution in [2.24, 2.45) is 5.92 Å². The number of hydrogen-bond donors (Lipinski definition) is 1. The Kier molecular flexibility index (Phi) is 4.04. The summed E-state index contributed by atoms with van der Waals surface area (Å²) in [6, 6.07) is 3.78. The summed E-state index contributed by atoms with van der Waals surface area (Å²) in [7, 11) is 1.73. The van der Waals surface area contributed by atoms with Crippen LogP contribution in [0.2, 0.25) is 0 Å². The van der Waals surface area contributed by atoms with Crippen LogP contribution in [0.25, 0.3) is 0 Å². The Bertz CT molecular complexity index is 682. The predicted octanol–water partition coefficient (Wildman–Crippen LogP) is 3.44. The molecule has 0 saturated heterocycles. The van der Waals surface area contributed by atoms with Gasteiger partial charge in [0.15, 0.2) is 0 Å². The number of nitrogens with zero attached hydrogens (tertiary/aromatic N) is 3. The van der Waals surface area contributed by atoms with Gasteiger partial charge >= 0.3 is 0 Å². The lowest BCUT2D eigenvalue weighted by Gasteiger charge is -2.28. The van der Waals surface area contributed by atoms with Crippen LogP contribution in [0, 0.1) is 5.92 Å². The molecule has 0 aromatic carbocycles. The summed E-state index contributed by atoms with van der Waals surface area (Å²) in [6.45, 7) is 4.37. The Morgan fingerprint density at radius 3 is 2.73 bits per heavy atom. The van der Waals surface area contributed by atoms with Crippen molar-refractivity contribution in [3.8, 4) is 0 Å². The summed E-state index contributed by atoms with van der Waals surface area (Å²) in [6.07, 6.45) is 8.33. The van der Waals surface area contributed by atoms with Gasteiger partial charge in [-0.3, -0.25) is 4.98 Å². The molecular weight excluding hydrogens is 276 g/mol. The molecule has 0 radical (unpaired) electrons. The van der Waals surface area contributed by atoms with Crippen LogP contribution in [0.1, 0.15) is 31.0 Å². The third-order valence-electron chi connectivity index (χ3n) is 3.86. The number of ether oxygens (including phenoxy) is 1. The van der Waals surface area contributed by atoms with E-state index in [0.717, 1.165) is 23.6 Å². The summed E-state index contributed by atoms with van der Waals surface area (Å²) in [5.74, 6) is 2.19. The van der Waals surface area contributed by atoms with E-state index >= 15 is 0 Å². The van der Waals surface area contributed by atoms with Crippen LogP contribution in [-0.4, -0.2) is 22.1 Å². The van der Waals surface area contributed by atoms with Crippen molar-refractivity contribution >= 4 is 11.6 Å². The van der Waals surface area contributed by atoms with Gasteiger partial charge in [0.25, 0.3) is 0 Å². The molecule has 3 rings (SSSR count). The first-order chi connectivity index (χ1) is 10.7. The van der Waals surface area contributed by atoms with Crippen molar-refractivity contribution in [1.29, 1.82) is 0 Å². The maximum Gasteiger partial charge on any atom is 0.227 e. The van der Waals surface area contributed by atoms with Gasteiger partial charge in [0.2, 0.25) is 5.95 Å². The average Bonchev–Trinajstić information content (AvgIpc) is 2.54. The minimum atomic E-state index is 0.176. The van der Waals surface area contributed by atoms with Gasteiger partial charge in [0, 0.05) is 24.3 Å². The molecule has 5 nitrogen and oxygen atoms in total. The van der Waals surface area contributed by atoms with E-state index in [9.17, 15) is 0 Å². The molecule has 1 aliphatic rings. The molecule has 0 fully saturated rings. The molecule has 1 N–H and O–H groups in total. The Labute approximate surface area is 130 Å². The Hall–Kier alpha value is -2.43. The molecule has 5 heteroatoms. The number of methoxy groups -OCH3 is 1. The van der Waals surface area contributed by atoms with E-state index in [1.54, 1.807) is 19.5 Å².